The molecular weight excluding hydrogens is 364 g/mol. The maximum atomic E-state index is 12.6. The number of hydrogen-bond donors (Lipinski definition) is 3. The second-order valence-electron chi connectivity index (χ2n) is 7.96. The van der Waals surface area contributed by atoms with Crippen LogP contribution in [0.1, 0.15) is 50.2 Å². The van der Waals surface area contributed by atoms with Crippen molar-refractivity contribution in [3.63, 3.8) is 0 Å². The molecule has 0 bridgehead atoms. The first-order valence-corrected chi connectivity index (χ1v) is 10.4. The van der Waals surface area contributed by atoms with Gasteiger partial charge in [-0.1, -0.05) is 60.7 Å². The van der Waals surface area contributed by atoms with Gasteiger partial charge in [0.15, 0.2) is 0 Å². The van der Waals surface area contributed by atoms with Crippen molar-refractivity contribution in [1.29, 1.82) is 0 Å². The van der Waals surface area contributed by atoms with Gasteiger partial charge in [-0.25, -0.2) is 4.79 Å². The van der Waals surface area contributed by atoms with Crippen LogP contribution < -0.4 is 10.6 Å². The number of aliphatic hydroxyl groups is 1. The molecule has 2 aromatic carbocycles. The summed E-state index contributed by atoms with van der Waals surface area (Å²) >= 11 is 0. The Labute approximate surface area is 172 Å². The Bertz CT molecular complexity index is 747. The average Bonchev–Trinajstić information content (AvgIpc) is 2.76. The molecule has 0 saturated heterocycles. The largest absolute Gasteiger partial charge is 0.378 e. The zero-order valence-corrected chi connectivity index (χ0v) is 16.9. The molecule has 0 heterocycles. The lowest BCUT2D eigenvalue weighted by Gasteiger charge is -2.36. The molecule has 0 aromatic heterocycles. The van der Waals surface area contributed by atoms with E-state index in [0.29, 0.717) is 12.3 Å². The van der Waals surface area contributed by atoms with Gasteiger partial charge in [-0.3, -0.25) is 0 Å². The van der Waals surface area contributed by atoms with Crippen molar-refractivity contribution in [2.75, 3.05) is 0 Å². The van der Waals surface area contributed by atoms with E-state index in [4.69, 9.17) is 0 Å². The fraction of sp³-hybridized carbons (Fsp3) is 0.417. The minimum absolute atomic E-state index is 0.103. The molecule has 1 aliphatic rings. The summed E-state index contributed by atoms with van der Waals surface area (Å²) in [5.74, 6) is 0.439. The van der Waals surface area contributed by atoms with Gasteiger partial charge in [0.25, 0.3) is 0 Å². The van der Waals surface area contributed by atoms with Crippen molar-refractivity contribution in [3.8, 4) is 0 Å². The van der Waals surface area contributed by atoms with E-state index in [9.17, 15) is 14.7 Å². The minimum Gasteiger partial charge on any atom is -0.378 e. The van der Waals surface area contributed by atoms with Crippen LogP contribution in [0, 0.1) is 5.92 Å². The number of carbonyl (C=O) groups excluding carboxylic acids is 2. The van der Waals surface area contributed by atoms with E-state index in [-0.39, 0.29) is 12.1 Å². The predicted molar refractivity (Wildman–Crippen MR) is 113 cm³/mol. The van der Waals surface area contributed by atoms with E-state index in [2.05, 4.69) is 10.6 Å². The maximum absolute atomic E-state index is 12.6. The standard InChI is InChI=1S/C24H30N2O3/c1-18(25-23(28)26-22-14-12-19(13-15-22)16-17-27)24(29,20-8-4-2-5-9-20)21-10-6-3-7-11-21/h2-11,17-19,22,29H,12-16H2,1H3,(H2,25,26,28)/t18-,19?,22?/m1/s1. The van der Waals surface area contributed by atoms with Crippen LogP contribution in [0.15, 0.2) is 60.7 Å². The minimum atomic E-state index is -1.35. The van der Waals surface area contributed by atoms with Gasteiger partial charge in [0.1, 0.15) is 11.9 Å². The second kappa shape index (κ2) is 9.70. The van der Waals surface area contributed by atoms with Gasteiger partial charge in [0.2, 0.25) is 0 Å². The van der Waals surface area contributed by atoms with E-state index < -0.39 is 11.6 Å². The topological polar surface area (TPSA) is 78.4 Å². The third-order valence-corrected chi connectivity index (χ3v) is 6.01. The summed E-state index contributed by atoms with van der Waals surface area (Å²) in [5, 5.41) is 17.7. The SMILES string of the molecule is C[C@@H](NC(=O)NC1CCC(CC=O)CC1)C(O)(c1ccccc1)c1ccccc1. The van der Waals surface area contributed by atoms with Crippen LogP contribution in [0.2, 0.25) is 0 Å². The highest BCUT2D eigenvalue weighted by atomic mass is 16.3. The summed E-state index contributed by atoms with van der Waals surface area (Å²) in [6.07, 6.45) is 5.26. The normalized spacial score (nSPS) is 20.5. The first-order valence-electron chi connectivity index (χ1n) is 10.4. The monoisotopic (exact) mass is 394 g/mol. The molecule has 0 unspecified atom stereocenters. The number of carbonyl (C=O) groups is 2. The van der Waals surface area contributed by atoms with Gasteiger partial charge in [0, 0.05) is 12.5 Å². The summed E-state index contributed by atoms with van der Waals surface area (Å²) < 4.78 is 0. The molecule has 1 saturated carbocycles. The van der Waals surface area contributed by atoms with E-state index in [0.717, 1.165) is 43.1 Å². The van der Waals surface area contributed by atoms with Gasteiger partial charge >= 0.3 is 6.03 Å². The third kappa shape index (κ3) is 5.04. The molecule has 3 N–H and O–H groups in total. The van der Waals surface area contributed by atoms with Crippen molar-refractivity contribution < 1.29 is 14.7 Å². The van der Waals surface area contributed by atoms with Gasteiger partial charge in [-0.05, 0) is 49.7 Å². The molecule has 1 atom stereocenters. The average molecular weight is 395 g/mol. The van der Waals surface area contributed by atoms with E-state index in [1.807, 2.05) is 67.6 Å². The molecule has 0 spiro atoms. The van der Waals surface area contributed by atoms with E-state index >= 15 is 0 Å². The zero-order valence-electron chi connectivity index (χ0n) is 16.9. The molecule has 0 radical (unpaired) electrons. The molecule has 154 valence electrons. The second-order valence-corrected chi connectivity index (χ2v) is 7.96. The number of rotatable bonds is 7. The Kier molecular flexibility index (Phi) is 7.04. The fourth-order valence-electron chi connectivity index (χ4n) is 4.26. The van der Waals surface area contributed by atoms with Gasteiger partial charge in [-0.15, -0.1) is 0 Å². The first kappa shape index (κ1) is 21.1. The van der Waals surface area contributed by atoms with E-state index in [1.165, 1.54) is 0 Å². The fourth-order valence-corrected chi connectivity index (χ4v) is 4.26. The number of amides is 2. The van der Waals surface area contributed by atoms with Crippen LogP contribution in [-0.2, 0) is 10.4 Å². The summed E-state index contributed by atoms with van der Waals surface area (Å²) in [7, 11) is 0. The quantitative estimate of drug-likeness (QED) is 0.626. The molecule has 5 nitrogen and oxygen atoms in total. The van der Waals surface area contributed by atoms with Crippen molar-refractivity contribution in [3.05, 3.63) is 71.8 Å². The van der Waals surface area contributed by atoms with Gasteiger partial charge < -0.3 is 20.5 Å². The molecule has 1 aliphatic carbocycles. The van der Waals surface area contributed by atoms with Gasteiger partial charge in [-0.2, -0.15) is 0 Å². The molecule has 29 heavy (non-hydrogen) atoms. The number of hydrogen-bond acceptors (Lipinski definition) is 3. The van der Waals surface area contributed by atoms with Crippen molar-refractivity contribution in [1.82, 2.24) is 10.6 Å². The third-order valence-electron chi connectivity index (χ3n) is 6.01. The summed E-state index contributed by atoms with van der Waals surface area (Å²) in [6.45, 7) is 1.82. The van der Waals surface area contributed by atoms with Crippen LogP contribution in [0.4, 0.5) is 4.79 Å². The molecule has 5 heteroatoms. The lowest BCUT2D eigenvalue weighted by atomic mass is 9.81. The Hall–Kier alpha value is -2.66. The molecule has 2 amide bonds. The molecule has 3 rings (SSSR count). The molecular formula is C24H30N2O3. The summed E-state index contributed by atoms with van der Waals surface area (Å²) in [4.78, 5) is 23.3. The highest BCUT2D eigenvalue weighted by Gasteiger charge is 2.38. The van der Waals surface area contributed by atoms with Crippen LogP contribution >= 0.6 is 0 Å². The summed E-state index contributed by atoms with van der Waals surface area (Å²) in [5.41, 5.74) is 0.114. The lowest BCUT2D eigenvalue weighted by molar-refractivity contribution is -0.108. The van der Waals surface area contributed by atoms with Gasteiger partial charge in [0.05, 0.1) is 6.04 Å². The summed E-state index contributed by atoms with van der Waals surface area (Å²) in [6, 6.07) is 18.1. The highest BCUT2D eigenvalue weighted by Crippen LogP contribution is 2.33. The maximum Gasteiger partial charge on any atom is 0.315 e. The first-order chi connectivity index (χ1) is 14.0. The Morgan fingerprint density at radius 1 is 1.03 bits per heavy atom. The molecule has 2 aromatic rings. The lowest BCUT2D eigenvalue weighted by Crippen LogP contribution is -2.54. The van der Waals surface area contributed by atoms with Crippen LogP contribution in [0.3, 0.4) is 0 Å². The number of nitrogens with one attached hydrogen (secondary N) is 2. The van der Waals surface area contributed by atoms with Crippen LogP contribution in [0.25, 0.3) is 0 Å². The van der Waals surface area contributed by atoms with Crippen LogP contribution in [-0.4, -0.2) is 29.5 Å². The van der Waals surface area contributed by atoms with Crippen molar-refractivity contribution in [2.45, 2.75) is 56.7 Å². The number of benzene rings is 2. The van der Waals surface area contributed by atoms with Crippen molar-refractivity contribution in [2.24, 2.45) is 5.92 Å². The Morgan fingerprint density at radius 2 is 1.55 bits per heavy atom. The van der Waals surface area contributed by atoms with E-state index in [1.54, 1.807) is 0 Å². The predicted octanol–water partition coefficient (Wildman–Crippen LogP) is 3.76. The Balaban J connectivity index is 1.68. The number of aldehydes is 1. The highest BCUT2D eigenvalue weighted by molar-refractivity contribution is 5.75. The Morgan fingerprint density at radius 3 is 2.03 bits per heavy atom. The molecule has 0 aliphatic heterocycles. The number of urea groups is 1. The smallest absolute Gasteiger partial charge is 0.315 e. The van der Waals surface area contributed by atoms with Crippen LogP contribution in [0.5, 0.6) is 0 Å². The zero-order chi connectivity index (χ0) is 20.7. The molecule has 1 fully saturated rings. The van der Waals surface area contributed by atoms with Crippen molar-refractivity contribution >= 4 is 12.3 Å².